The van der Waals surface area contributed by atoms with E-state index in [4.69, 9.17) is 4.74 Å². The molecule has 3 aromatic carbocycles. The number of nitro benzene ring substituents is 1. The van der Waals surface area contributed by atoms with Gasteiger partial charge < -0.3 is 9.22 Å². The molecule has 1 saturated heterocycles. The summed E-state index contributed by atoms with van der Waals surface area (Å²) >= 11 is 0. The number of rotatable bonds is 11. The summed E-state index contributed by atoms with van der Waals surface area (Å²) in [5.41, 5.74) is 3.00. The van der Waals surface area contributed by atoms with Crippen molar-refractivity contribution in [3.63, 3.8) is 0 Å². The number of Topliss-reactive ketones (excluding diaryl/α,β-unsaturated/α-hetero) is 1. The molecule has 6 nitrogen and oxygen atoms in total. The molecule has 0 bridgehead atoms. The quantitative estimate of drug-likeness (QED) is 0.160. The van der Waals surface area contributed by atoms with Gasteiger partial charge in [-0.2, -0.15) is 0 Å². The normalized spacial score (nSPS) is 15.9. The Labute approximate surface area is 206 Å². The summed E-state index contributed by atoms with van der Waals surface area (Å²) in [6.45, 7) is 5.47. The summed E-state index contributed by atoms with van der Waals surface area (Å²) in [7, 11) is 0. The molecule has 182 valence electrons. The first-order valence-electron chi connectivity index (χ1n) is 12.3. The number of carbonyl (C=O) groups excluding carboxylic acids is 1. The van der Waals surface area contributed by atoms with Crippen LogP contribution in [0, 0.1) is 16.0 Å². The third-order valence-electron chi connectivity index (χ3n) is 7.02. The van der Waals surface area contributed by atoms with Crippen LogP contribution in [0.2, 0.25) is 0 Å². The molecule has 0 amide bonds. The standard InChI is InChI=1S/C29H33N2O4/c32-29(26-13-15-28(16-14-26)30(33)34)27(22-24-8-3-1-4-9-24)12-7-17-31(18-20-35-21-19-31)23-25-10-5-2-6-11-25/h1-6,8-11,13-16,27H,7,12,17-23H2/q+1. The Morgan fingerprint density at radius 1 is 0.886 bits per heavy atom. The van der Waals surface area contributed by atoms with Crippen LogP contribution in [0.4, 0.5) is 5.69 Å². The van der Waals surface area contributed by atoms with Gasteiger partial charge in [0.05, 0.1) is 24.7 Å². The number of hydrogen-bond acceptors (Lipinski definition) is 4. The van der Waals surface area contributed by atoms with E-state index in [1.165, 1.54) is 17.7 Å². The zero-order valence-corrected chi connectivity index (χ0v) is 20.1. The molecule has 0 spiro atoms. The number of benzene rings is 3. The Hall–Kier alpha value is -3.35. The lowest BCUT2D eigenvalue weighted by atomic mass is 9.87. The number of nitrogens with zero attached hydrogens (tertiary/aromatic N) is 2. The predicted molar refractivity (Wildman–Crippen MR) is 136 cm³/mol. The van der Waals surface area contributed by atoms with E-state index in [1.54, 1.807) is 12.1 Å². The van der Waals surface area contributed by atoms with Gasteiger partial charge in [-0.25, -0.2) is 0 Å². The molecule has 1 atom stereocenters. The minimum atomic E-state index is -0.437. The van der Waals surface area contributed by atoms with Crippen LogP contribution in [0.15, 0.2) is 84.9 Å². The topological polar surface area (TPSA) is 69.4 Å². The van der Waals surface area contributed by atoms with E-state index in [1.807, 2.05) is 24.3 Å². The summed E-state index contributed by atoms with van der Waals surface area (Å²) in [4.78, 5) is 24.1. The second kappa shape index (κ2) is 11.9. The van der Waals surface area contributed by atoms with E-state index >= 15 is 0 Å². The average molecular weight is 474 g/mol. The fourth-order valence-corrected chi connectivity index (χ4v) is 5.04. The van der Waals surface area contributed by atoms with Crippen LogP contribution in [0.5, 0.6) is 0 Å². The van der Waals surface area contributed by atoms with Gasteiger partial charge in [-0.1, -0.05) is 60.7 Å². The minimum absolute atomic E-state index is 0.000769. The third kappa shape index (κ3) is 6.84. The molecule has 0 aliphatic carbocycles. The Kier molecular flexibility index (Phi) is 8.40. The SMILES string of the molecule is O=C(c1ccc([N+](=O)[O-])cc1)C(CCC[N+]1(Cc2ccccc2)CCOCC1)Cc1ccccc1. The smallest absolute Gasteiger partial charge is 0.269 e. The zero-order valence-electron chi connectivity index (χ0n) is 20.1. The lowest BCUT2D eigenvalue weighted by Gasteiger charge is -2.41. The van der Waals surface area contributed by atoms with Crippen molar-refractivity contribution < 1.29 is 18.9 Å². The molecule has 0 aromatic heterocycles. The van der Waals surface area contributed by atoms with Crippen LogP contribution in [-0.2, 0) is 17.7 Å². The Bertz CT molecular complexity index is 1090. The highest BCUT2D eigenvalue weighted by atomic mass is 16.6. The van der Waals surface area contributed by atoms with Gasteiger partial charge in [-0.15, -0.1) is 0 Å². The molecule has 1 heterocycles. The predicted octanol–water partition coefficient (Wildman–Crippen LogP) is 5.46. The first-order chi connectivity index (χ1) is 17.0. The van der Waals surface area contributed by atoms with Crippen molar-refractivity contribution >= 4 is 11.5 Å². The van der Waals surface area contributed by atoms with Gasteiger partial charge in [0.15, 0.2) is 5.78 Å². The van der Waals surface area contributed by atoms with Crippen molar-refractivity contribution in [1.82, 2.24) is 0 Å². The number of morpholine rings is 1. The summed E-state index contributed by atoms with van der Waals surface area (Å²) in [5.74, 6) is -0.114. The molecule has 0 radical (unpaired) electrons. The molecule has 6 heteroatoms. The van der Waals surface area contributed by atoms with Crippen molar-refractivity contribution in [3.05, 3.63) is 112 Å². The molecular weight excluding hydrogens is 440 g/mol. The Morgan fingerprint density at radius 2 is 1.49 bits per heavy atom. The van der Waals surface area contributed by atoms with E-state index in [9.17, 15) is 14.9 Å². The van der Waals surface area contributed by atoms with Crippen LogP contribution >= 0.6 is 0 Å². The second-order valence-electron chi connectivity index (χ2n) is 9.47. The molecule has 35 heavy (non-hydrogen) atoms. The Balaban J connectivity index is 1.47. The van der Waals surface area contributed by atoms with Gasteiger partial charge in [-0.05, 0) is 37.0 Å². The maximum absolute atomic E-state index is 13.5. The largest absolute Gasteiger partial charge is 0.370 e. The molecule has 1 aliphatic heterocycles. The number of carbonyl (C=O) groups is 1. The first-order valence-corrected chi connectivity index (χ1v) is 12.3. The summed E-state index contributed by atoms with van der Waals surface area (Å²) in [6.07, 6.45) is 2.38. The van der Waals surface area contributed by atoms with E-state index in [0.29, 0.717) is 12.0 Å². The molecule has 4 rings (SSSR count). The molecule has 1 aliphatic rings. The third-order valence-corrected chi connectivity index (χ3v) is 7.02. The van der Waals surface area contributed by atoms with E-state index in [-0.39, 0.29) is 17.4 Å². The number of nitro groups is 1. The Morgan fingerprint density at radius 3 is 2.09 bits per heavy atom. The number of non-ortho nitro benzene ring substituents is 1. The molecular formula is C29H33N2O4+. The average Bonchev–Trinajstić information content (AvgIpc) is 2.89. The van der Waals surface area contributed by atoms with Crippen LogP contribution < -0.4 is 0 Å². The van der Waals surface area contributed by atoms with E-state index < -0.39 is 4.92 Å². The van der Waals surface area contributed by atoms with Crippen LogP contribution in [0.3, 0.4) is 0 Å². The molecule has 0 saturated carbocycles. The lowest BCUT2D eigenvalue weighted by molar-refractivity contribution is -0.947. The molecule has 1 unspecified atom stereocenters. The van der Waals surface area contributed by atoms with Gasteiger partial charge in [-0.3, -0.25) is 14.9 Å². The molecule has 3 aromatic rings. The number of hydrogen-bond donors (Lipinski definition) is 0. The van der Waals surface area contributed by atoms with Gasteiger partial charge in [0, 0.05) is 29.2 Å². The zero-order chi connectivity index (χ0) is 24.5. The van der Waals surface area contributed by atoms with Crippen molar-refractivity contribution in [1.29, 1.82) is 0 Å². The highest BCUT2D eigenvalue weighted by Crippen LogP contribution is 2.24. The monoisotopic (exact) mass is 473 g/mol. The number of ketones is 1. The fraction of sp³-hybridized carbons (Fsp3) is 0.345. The second-order valence-corrected chi connectivity index (χ2v) is 9.47. The maximum Gasteiger partial charge on any atom is 0.269 e. The molecule has 0 N–H and O–H groups in total. The van der Waals surface area contributed by atoms with Crippen molar-refractivity contribution in [2.45, 2.75) is 25.8 Å². The van der Waals surface area contributed by atoms with Gasteiger partial charge in [0.1, 0.15) is 19.6 Å². The summed E-state index contributed by atoms with van der Waals surface area (Å²) in [5, 5.41) is 11.0. The number of ether oxygens (including phenoxy) is 1. The van der Waals surface area contributed by atoms with Crippen LogP contribution in [-0.4, -0.2) is 48.0 Å². The first kappa shape index (κ1) is 24.8. The van der Waals surface area contributed by atoms with Crippen molar-refractivity contribution in [2.75, 3.05) is 32.8 Å². The highest BCUT2D eigenvalue weighted by Gasteiger charge is 2.31. The number of quaternary nitrogens is 1. The van der Waals surface area contributed by atoms with E-state index in [2.05, 4.69) is 36.4 Å². The van der Waals surface area contributed by atoms with Crippen LogP contribution in [0.1, 0.15) is 34.3 Å². The van der Waals surface area contributed by atoms with E-state index in [0.717, 1.165) is 62.3 Å². The van der Waals surface area contributed by atoms with Gasteiger partial charge in [0.25, 0.3) is 5.69 Å². The lowest BCUT2D eigenvalue weighted by Crippen LogP contribution is -2.54. The maximum atomic E-state index is 13.5. The van der Waals surface area contributed by atoms with Gasteiger partial charge >= 0.3 is 0 Å². The van der Waals surface area contributed by atoms with Gasteiger partial charge in [0.2, 0.25) is 0 Å². The minimum Gasteiger partial charge on any atom is -0.370 e. The van der Waals surface area contributed by atoms with Crippen molar-refractivity contribution in [2.24, 2.45) is 5.92 Å². The summed E-state index contributed by atoms with van der Waals surface area (Å²) < 4.78 is 6.65. The van der Waals surface area contributed by atoms with Crippen molar-refractivity contribution in [3.8, 4) is 0 Å². The molecule has 1 fully saturated rings. The van der Waals surface area contributed by atoms with Crippen LogP contribution in [0.25, 0.3) is 0 Å². The summed E-state index contributed by atoms with van der Waals surface area (Å²) in [6, 6.07) is 26.7. The fourth-order valence-electron chi connectivity index (χ4n) is 5.04. The highest BCUT2D eigenvalue weighted by molar-refractivity contribution is 5.98.